The van der Waals surface area contributed by atoms with E-state index in [4.69, 9.17) is 4.74 Å². The van der Waals surface area contributed by atoms with Crippen LogP contribution >= 0.6 is 0 Å². The number of anilines is 1. The Morgan fingerprint density at radius 1 is 1.32 bits per heavy atom. The van der Waals surface area contributed by atoms with E-state index < -0.39 is 0 Å². The minimum absolute atomic E-state index is 0.317. The summed E-state index contributed by atoms with van der Waals surface area (Å²) in [6.45, 7) is 4.34. The van der Waals surface area contributed by atoms with E-state index in [1.165, 1.54) is 25.5 Å². The van der Waals surface area contributed by atoms with Gasteiger partial charge in [0.05, 0.1) is 18.4 Å². The van der Waals surface area contributed by atoms with Crippen LogP contribution in [-0.4, -0.2) is 13.1 Å². The standard InChI is InChI=1S/C16H23NO2/c1-4-6-9-13(5-2)12-17-15-11-8-7-10-14(15)16(18)19-3/h7-8,10-12,17H,4-6,9H2,1-3H3. The smallest absolute Gasteiger partial charge is 0.339 e. The highest BCUT2D eigenvalue weighted by Gasteiger charge is 2.09. The third kappa shape index (κ3) is 4.78. The highest BCUT2D eigenvalue weighted by atomic mass is 16.5. The second kappa shape index (κ2) is 8.35. The predicted octanol–water partition coefficient (Wildman–Crippen LogP) is 4.37. The number of para-hydroxylation sites is 1. The molecule has 0 spiro atoms. The number of ether oxygens (including phenoxy) is 1. The van der Waals surface area contributed by atoms with E-state index in [-0.39, 0.29) is 5.97 Å². The van der Waals surface area contributed by atoms with Crippen molar-refractivity contribution in [1.29, 1.82) is 0 Å². The van der Waals surface area contributed by atoms with Gasteiger partial charge in [0.2, 0.25) is 0 Å². The van der Waals surface area contributed by atoms with E-state index in [9.17, 15) is 4.79 Å². The minimum Gasteiger partial charge on any atom is -0.465 e. The van der Waals surface area contributed by atoms with Gasteiger partial charge in [-0.1, -0.05) is 38.0 Å². The summed E-state index contributed by atoms with van der Waals surface area (Å²) in [5.74, 6) is -0.317. The van der Waals surface area contributed by atoms with E-state index in [2.05, 4.69) is 19.2 Å². The molecule has 0 saturated carbocycles. The molecule has 0 aromatic heterocycles. The lowest BCUT2D eigenvalue weighted by atomic mass is 10.1. The fraction of sp³-hybridized carbons (Fsp3) is 0.438. The van der Waals surface area contributed by atoms with Crippen molar-refractivity contribution in [2.45, 2.75) is 39.5 Å². The maximum atomic E-state index is 11.6. The van der Waals surface area contributed by atoms with Crippen molar-refractivity contribution in [2.75, 3.05) is 12.4 Å². The van der Waals surface area contributed by atoms with Gasteiger partial charge in [-0.05, 0) is 31.4 Å². The van der Waals surface area contributed by atoms with E-state index >= 15 is 0 Å². The molecule has 0 amide bonds. The molecule has 1 N–H and O–H groups in total. The SMILES string of the molecule is CCCCC(=CNc1ccccc1C(=O)OC)CC. The van der Waals surface area contributed by atoms with Crippen LogP contribution in [0.15, 0.2) is 36.0 Å². The summed E-state index contributed by atoms with van der Waals surface area (Å²) < 4.78 is 4.78. The first-order chi connectivity index (χ1) is 9.22. The molecule has 0 aliphatic carbocycles. The zero-order chi connectivity index (χ0) is 14.1. The summed E-state index contributed by atoms with van der Waals surface area (Å²) in [4.78, 5) is 11.6. The molecule has 0 saturated heterocycles. The lowest BCUT2D eigenvalue weighted by Crippen LogP contribution is -2.05. The zero-order valence-corrected chi connectivity index (χ0v) is 12.0. The molecule has 1 rings (SSSR count). The molecule has 3 nitrogen and oxygen atoms in total. The molecule has 3 heteroatoms. The molecular formula is C16H23NO2. The Kier molecular flexibility index (Phi) is 6.72. The molecule has 19 heavy (non-hydrogen) atoms. The van der Waals surface area contributed by atoms with E-state index in [0.29, 0.717) is 5.56 Å². The Bertz CT molecular complexity index is 438. The normalized spacial score (nSPS) is 11.2. The van der Waals surface area contributed by atoms with Gasteiger partial charge in [0.15, 0.2) is 0 Å². The van der Waals surface area contributed by atoms with Crippen molar-refractivity contribution in [3.8, 4) is 0 Å². The summed E-state index contributed by atoms with van der Waals surface area (Å²) in [7, 11) is 1.40. The summed E-state index contributed by atoms with van der Waals surface area (Å²) in [6, 6.07) is 7.38. The van der Waals surface area contributed by atoms with Gasteiger partial charge >= 0.3 is 5.97 Å². The number of allylic oxidation sites excluding steroid dienone is 1. The van der Waals surface area contributed by atoms with Gasteiger partial charge in [0.1, 0.15) is 0 Å². The zero-order valence-electron chi connectivity index (χ0n) is 12.0. The number of carbonyl (C=O) groups is 1. The summed E-state index contributed by atoms with van der Waals surface area (Å²) >= 11 is 0. The lowest BCUT2D eigenvalue weighted by molar-refractivity contribution is 0.0602. The monoisotopic (exact) mass is 261 g/mol. The number of methoxy groups -OCH3 is 1. The molecule has 0 atom stereocenters. The van der Waals surface area contributed by atoms with Gasteiger partial charge in [-0.15, -0.1) is 0 Å². The number of carbonyl (C=O) groups excluding carboxylic acids is 1. The maximum absolute atomic E-state index is 11.6. The van der Waals surface area contributed by atoms with Crippen molar-refractivity contribution in [3.05, 3.63) is 41.6 Å². The average molecular weight is 261 g/mol. The van der Waals surface area contributed by atoms with E-state index in [1.54, 1.807) is 6.07 Å². The van der Waals surface area contributed by atoms with Gasteiger partial charge in [-0.3, -0.25) is 0 Å². The van der Waals surface area contributed by atoms with Crippen LogP contribution in [0.3, 0.4) is 0 Å². The van der Waals surface area contributed by atoms with Crippen molar-refractivity contribution in [1.82, 2.24) is 0 Å². The largest absolute Gasteiger partial charge is 0.465 e. The number of benzene rings is 1. The molecule has 0 fully saturated rings. The Labute approximate surface area is 115 Å². The third-order valence-electron chi connectivity index (χ3n) is 3.07. The topological polar surface area (TPSA) is 38.3 Å². The van der Waals surface area contributed by atoms with Crippen LogP contribution in [0, 0.1) is 0 Å². The number of nitrogens with one attached hydrogen (secondary N) is 1. The number of unbranched alkanes of at least 4 members (excludes halogenated alkanes) is 1. The molecule has 0 aliphatic rings. The Hall–Kier alpha value is -1.77. The molecule has 0 radical (unpaired) electrons. The quantitative estimate of drug-likeness (QED) is 0.741. The van der Waals surface area contributed by atoms with Crippen molar-refractivity contribution in [2.24, 2.45) is 0 Å². The summed E-state index contributed by atoms with van der Waals surface area (Å²) in [5.41, 5.74) is 2.71. The highest BCUT2D eigenvalue weighted by molar-refractivity contribution is 5.95. The average Bonchev–Trinajstić information content (AvgIpc) is 2.47. The molecule has 0 unspecified atom stereocenters. The maximum Gasteiger partial charge on any atom is 0.339 e. The second-order valence-corrected chi connectivity index (χ2v) is 4.44. The van der Waals surface area contributed by atoms with Crippen molar-refractivity contribution < 1.29 is 9.53 Å². The van der Waals surface area contributed by atoms with Gasteiger partial charge in [-0.2, -0.15) is 0 Å². The fourth-order valence-corrected chi connectivity index (χ4v) is 1.83. The van der Waals surface area contributed by atoms with E-state index in [0.717, 1.165) is 18.5 Å². The van der Waals surface area contributed by atoms with Crippen molar-refractivity contribution in [3.63, 3.8) is 0 Å². The van der Waals surface area contributed by atoms with E-state index in [1.807, 2.05) is 24.4 Å². The molecule has 1 aromatic rings. The first kappa shape index (κ1) is 15.3. The predicted molar refractivity (Wildman–Crippen MR) is 79.3 cm³/mol. The highest BCUT2D eigenvalue weighted by Crippen LogP contribution is 2.18. The molecular weight excluding hydrogens is 238 g/mol. The molecule has 104 valence electrons. The Morgan fingerprint density at radius 2 is 2.05 bits per heavy atom. The first-order valence-corrected chi connectivity index (χ1v) is 6.84. The number of rotatable bonds is 7. The fourth-order valence-electron chi connectivity index (χ4n) is 1.83. The molecule has 1 aromatic carbocycles. The van der Waals surface area contributed by atoms with Gasteiger partial charge < -0.3 is 10.1 Å². The van der Waals surface area contributed by atoms with Crippen LogP contribution < -0.4 is 5.32 Å². The number of esters is 1. The van der Waals surface area contributed by atoms with Gasteiger partial charge in [0.25, 0.3) is 0 Å². The van der Waals surface area contributed by atoms with Crippen LogP contribution in [-0.2, 0) is 4.74 Å². The van der Waals surface area contributed by atoms with Crippen LogP contribution in [0.5, 0.6) is 0 Å². The first-order valence-electron chi connectivity index (χ1n) is 6.84. The molecule has 0 bridgehead atoms. The van der Waals surface area contributed by atoms with Crippen LogP contribution in [0.2, 0.25) is 0 Å². The minimum atomic E-state index is -0.317. The number of hydrogen-bond donors (Lipinski definition) is 1. The summed E-state index contributed by atoms with van der Waals surface area (Å²) in [6.07, 6.45) is 6.52. The molecule has 0 heterocycles. The molecule has 0 aliphatic heterocycles. The lowest BCUT2D eigenvalue weighted by Gasteiger charge is -2.09. The number of hydrogen-bond acceptors (Lipinski definition) is 3. The summed E-state index contributed by atoms with van der Waals surface area (Å²) in [5, 5.41) is 3.23. The second-order valence-electron chi connectivity index (χ2n) is 4.44. The Morgan fingerprint density at radius 3 is 2.68 bits per heavy atom. The third-order valence-corrected chi connectivity index (χ3v) is 3.07. The van der Waals surface area contributed by atoms with Crippen LogP contribution in [0.25, 0.3) is 0 Å². The van der Waals surface area contributed by atoms with Crippen LogP contribution in [0.4, 0.5) is 5.69 Å². The Balaban J connectivity index is 2.81. The van der Waals surface area contributed by atoms with Gasteiger partial charge in [-0.25, -0.2) is 4.79 Å². The van der Waals surface area contributed by atoms with Gasteiger partial charge in [0, 0.05) is 6.20 Å². The van der Waals surface area contributed by atoms with Crippen LogP contribution in [0.1, 0.15) is 49.9 Å². The van der Waals surface area contributed by atoms with Crippen molar-refractivity contribution >= 4 is 11.7 Å².